The molecule has 2 aliphatic rings. The fraction of sp³-hybridized carbons (Fsp3) is 0.200. The van der Waals surface area contributed by atoms with Crippen molar-refractivity contribution in [1.29, 1.82) is 0 Å². The van der Waals surface area contributed by atoms with E-state index >= 15 is 0 Å². The molecule has 6 rings (SSSR count). The van der Waals surface area contributed by atoms with E-state index in [1.807, 2.05) is 66.5 Å². The van der Waals surface area contributed by atoms with Crippen LogP contribution in [0.2, 0.25) is 0 Å². The topological polar surface area (TPSA) is 75.7 Å². The van der Waals surface area contributed by atoms with Crippen LogP contribution in [0.15, 0.2) is 54.9 Å². The molecule has 1 aliphatic carbocycles. The number of hydrogen-bond donors (Lipinski definition) is 2. The van der Waals surface area contributed by atoms with Crippen molar-refractivity contribution in [3.05, 3.63) is 77.2 Å². The maximum Gasteiger partial charge on any atom is 0.259 e. The van der Waals surface area contributed by atoms with Crippen LogP contribution in [0, 0.1) is 0 Å². The van der Waals surface area contributed by atoms with Gasteiger partial charge in [-0.15, -0.1) is 0 Å². The Morgan fingerprint density at radius 1 is 1.00 bits per heavy atom. The first-order valence-electron chi connectivity index (χ1n) is 10.5. The number of imide groups is 1. The fourth-order valence-electron chi connectivity index (χ4n) is 5.22. The van der Waals surface area contributed by atoms with Gasteiger partial charge < -0.3 is 14.1 Å². The second-order valence-corrected chi connectivity index (χ2v) is 8.36. The second kappa shape index (κ2) is 6.43. The molecule has 1 unspecified atom stereocenters. The number of benzene rings is 1. The molecule has 154 valence electrons. The zero-order chi connectivity index (χ0) is 21.3. The molecule has 1 aromatic carbocycles. The second-order valence-electron chi connectivity index (χ2n) is 8.36. The highest BCUT2D eigenvalue weighted by Gasteiger charge is 2.38. The highest BCUT2D eigenvalue weighted by atomic mass is 16.3. The van der Waals surface area contributed by atoms with Gasteiger partial charge in [0, 0.05) is 53.6 Å². The molecule has 1 atom stereocenters. The van der Waals surface area contributed by atoms with Crippen LogP contribution in [-0.2, 0) is 29.5 Å². The number of aliphatic hydroxyl groups excluding tert-OH is 1. The summed E-state index contributed by atoms with van der Waals surface area (Å²) in [5, 5.41) is 13.8. The minimum absolute atomic E-state index is 0.363. The van der Waals surface area contributed by atoms with Gasteiger partial charge in [0.15, 0.2) is 0 Å². The first kappa shape index (κ1) is 18.2. The number of aryl methyl sites for hydroxylation is 1. The molecule has 6 heteroatoms. The van der Waals surface area contributed by atoms with Crippen LogP contribution in [-0.4, -0.2) is 32.0 Å². The van der Waals surface area contributed by atoms with Gasteiger partial charge >= 0.3 is 0 Å². The first-order valence-corrected chi connectivity index (χ1v) is 10.5. The third kappa shape index (κ3) is 2.48. The SMILES string of the molecule is Cn1cc(C2=C(c3c4c(n5ccccc35)CC(O)CC4)C(=O)NC2=O)c2ccccc21. The Hall–Kier alpha value is -3.64. The molecule has 0 saturated heterocycles. The summed E-state index contributed by atoms with van der Waals surface area (Å²) in [5.41, 5.74) is 6.39. The first-order chi connectivity index (χ1) is 15.0. The Morgan fingerprint density at radius 3 is 2.61 bits per heavy atom. The maximum absolute atomic E-state index is 13.1. The molecule has 4 heterocycles. The lowest BCUT2D eigenvalue weighted by Gasteiger charge is -2.19. The summed E-state index contributed by atoms with van der Waals surface area (Å²) in [6.07, 6.45) is 5.33. The van der Waals surface area contributed by atoms with E-state index in [2.05, 4.69) is 9.72 Å². The van der Waals surface area contributed by atoms with E-state index in [1.165, 1.54) is 0 Å². The van der Waals surface area contributed by atoms with E-state index in [1.54, 1.807) is 0 Å². The summed E-state index contributed by atoms with van der Waals surface area (Å²) in [7, 11) is 1.94. The van der Waals surface area contributed by atoms with Gasteiger partial charge in [-0.2, -0.15) is 0 Å². The monoisotopic (exact) mass is 411 g/mol. The quantitative estimate of drug-likeness (QED) is 0.498. The molecule has 3 aromatic heterocycles. The number of carbonyl (C=O) groups excluding carboxylic acids is 2. The van der Waals surface area contributed by atoms with Gasteiger partial charge in [0.2, 0.25) is 0 Å². The Labute approximate surface area is 178 Å². The molecule has 4 aromatic rings. The number of amides is 2. The molecule has 0 radical (unpaired) electrons. The minimum atomic E-state index is -0.399. The molecule has 2 amide bonds. The molecular formula is C25H21N3O3. The highest BCUT2D eigenvalue weighted by molar-refractivity contribution is 6.50. The van der Waals surface area contributed by atoms with Gasteiger partial charge in [0.1, 0.15) is 0 Å². The molecule has 0 spiro atoms. The van der Waals surface area contributed by atoms with Crippen molar-refractivity contribution in [2.75, 3.05) is 0 Å². The third-order valence-electron chi connectivity index (χ3n) is 6.56. The molecule has 2 N–H and O–H groups in total. The molecular weight excluding hydrogens is 390 g/mol. The zero-order valence-corrected chi connectivity index (χ0v) is 17.1. The smallest absolute Gasteiger partial charge is 0.259 e. The van der Waals surface area contributed by atoms with Crippen molar-refractivity contribution < 1.29 is 14.7 Å². The summed E-state index contributed by atoms with van der Waals surface area (Å²) in [5.74, 6) is -0.727. The summed E-state index contributed by atoms with van der Waals surface area (Å²) in [6.45, 7) is 0. The van der Waals surface area contributed by atoms with Crippen molar-refractivity contribution >= 4 is 39.4 Å². The highest BCUT2D eigenvalue weighted by Crippen LogP contribution is 2.41. The molecule has 6 nitrogen and oxygen atoms in total. The Kier molecular flexibility index (Phi) is 3.76. The summed E-state index contributed by atoms with van der Waals surface area (Å²) >= 11 is 0. The van der Waals surface area contributed by atoms with Crippen molar-refractivity contribution in [2.24, 2.45) is 7.05 Å². The fourth-order valence-corrected chi connectivity index (χ4v) is 5.22. The van der Waals surface area contributed by atoms with Crippen molar-refractivity contribution in [3.63, 3.8) is 0 Å². The number of carbonyl (C=O) groups is 2. The number of nitrogens with one attached hydrogen (secondary N) is 1. The number of hydrogen-bond acceptors (Lipinski definition) is 3. The van der Waals surface area contributed by atoms with Crippen LogP contribution in [0.1, 0.15) is 28.8 Å². The normalized spacial score (nSPS) is 18.8. The van der Waals surface area contributed by atoms with E-state index in [0.29, 0.717) is 30.4 Å². The Balaban J connectivity index is 1.72. The number of fused-ring (bicyclic) bond motifs is 4. The van der Waals surface area contributed by atoms with E-state index in [-0.39, 0.29) is 11.8 Å². The summed E-state index contributed by atoms with van der Waals surface area (Å²) in [6, 6.07) is 13.7. The lowest BCUT2D eigenvalue weighted by Crippen LogP contribution is -2.23. The lowest BCUT2D eigenvalue weighted by molar-refractivity contribution is -0.122. The number of aliphatic hydroxyl groups is 1. The molecule has 0 bridgehead atoms. The third-order valence-corrected chi connectivity index (χ3v) is 6.56. The molecule has 0 fully saturated rings. The van der Waals surface area contributed by atoms with Crippen molar-refractivity contribution in [1.82, 2.24) is 14.3 Å². The van der Waals surface area contributed by atoms with Crippen LogP contribution in [0.4, 0.5) is 0 Å². The Bertz CT molecular complexity index is 1450. The van der Waals surface area contributed by atoms with Crippen LogP contribution < -0.4 is 5.32 Å². The number of para-hydroxylation sites is 1. The van der Waals surface area contributed by atoms with Gasteiger partial charge in [0.25, 0.3) is 11.8 Å². The van der Waals surface area contributed by atoms with Gasteiger partial charge in [-0.25, -0.2) is 0 Å². The average molecular weight is 411 g/mol. The van der Waals surface area contributed by atoms with Crippen molar-refractivity contribution in [3.8, 4) is 0 Å². The van der Waals surface area contributed by atoms with Gasteiger partial charge in [0.05, 0.1) is 22.8 Å². The molecule has 0 saturated carbocycles. The van der Waals surface area contributed by atoms with Gasteiger partial charge in [-0.05, 0) is 36.6 Å². The van der Waals surface area contributed by atoms with Crippen molar-refractivity contribution in [2.45, 2.75) is 25.4 Å². The molecule has 31 heavy (non-hydrogen) atoms. The van der Waals surface area contributed by atoms with Gasteiger partial charge in [-0.1, -0.05) is 24.3 Å². The minimum Gasteiger partial charge on any atom is -0.393 e. The number of rotatable bonds is 2. The zero-order valence-electron chi connectivity index (χ0n) is 17.1. The van der Waals surface area contributed by atoms with E-state index in [0.717, 1.165) is 38.8 Å². The summed E-state index contributed by atoms with van der Waals surface area (Å²) < 4.78 is 4.03. The maximum atomic E-state index is 13.1. The predicted molar refractivity (Wildman–Crippen MR) is 118 cm³/mol. The Morgan fingerprint density at radius 2 is 1.74 bits per heavy atom. The van der Waals surface area contributed by atoms with E-state index < -0.39 is 6.10 Å². The predicted octanol–water partition coefficient (Wildman–Crippen LogP) is 2.85. The number of aromatic nitrogens is 2. The average Bonchev–Trinajstić information content (AvgIpc) is 3.37. The number of pyridine rings is 1. The molecule has 1 aliphatic heterocycles. The van der Waals surface area contributed by atoms with Crippen LogP contribution in [0.5, 0.6) is 0 Å². The van der Waals surface area contributed by atoms with Gasteiger partial charge in [-0.3, -0.25) is 14.9 Å². The standard InChI is InChI=1S/C25H21N3O3/c1-27-13-17(15-6-2-3-7-18(15)27)22-23(25(31)26-24(22)30)21-16-10-9-14(29)12-20(16)28-11-5-4-8-19(21)28/h2-8,11,13-14,29H,9-10,12H2,1H3,(H,26,30,31). The van der Waals surface area contributed by atoms with E-state index in [4.69, 9.17) is 0 Å². The lowest BCUT2D eigenvalue weighted by atomic mass is 9.88. The number of nitrogens with zero attached hydrogens (tertiary/aromatic N) is 2. The largest absolute Gasteiger partial charge is 0.393 e. The van der Waals surface area contributed by atoms with Crippen LogP contribution in [0.25, 0.3) is 27.6 Å². The summed E-state index contributed by atoms with van der Waals surface area (Å²) in [4.78, 5) is 26.2. The van der Waals surface area contributed by atoms with Crippen LogP contribution >= 0.6 is 0 Å². The van der Waals surface area contributed by atoms with Crippen LogP contribution in [0.3, 0.4) is 0 Å². The van der Waals surface area contributed by atoms with E-state index in [9.17, 15) is 14.7 Å².